The molecule has 0 radical (unpaired) electrons. The maximum Gasteiger partial charge on any atom is 0.239 e. The van der Waals surface area contributed by atoms with Gasteiger partial charge >= 0.3 is 0 Å². The number of hydrogen-bond donors (Lipinski definition) is 1. The number of halogens is 2. The molecule has 1 aromatic rings. The molecule has 1 N–H and O–H groups in total. The molecule has 0 saturated heterocycles. The van der Waals surface area contributed by atoms with Crippen molar-refractivity contribution < 1.29 is 13.9 Å². The molecule has 3 heteroatoms. The minimum absolute atomic E-state index is 0.0876. The Morgan fingerprint density at radius 3 is 2.13 bits per heavy atom. The number of aryl methyl sites for hydroxylation is 1. The van der Waals surface area contributed by atoms with Gasteiger partial charge in [-0.15, -0.1) is 0 Å². The van der Waals surface area contributed by atoms with Crippen LogP contribution in [0.4, 0.5) is 8.78 Å². The average molecular weight is 214 g/mol. The summed E-state index contributed by atoms with van der Waals surface area (Å²) in [5, 5.41) is 9.15. The molecule has 0 heterocycles. The maximum absolute atomic E-state index is 11.9. The summed E-state index contributed by atoms with van der Waals surface area (Å²) in [5.41, 5.74) is 1.95. The summed E-state index contributed by atoms with van der Waals surface area (Å²) in [5.74, 6) is 0. The zero-order chi connectivity index (χ0) is 11.3. The van der Waals surface area contributed by atoms with Crippen molar-refractivity contribution in [3.8, 4) is 0 Å². The minimum atomic E-state index is -2.23. The van der Waals surface area contributed by atoms with Crippen molar-refractivity contribution in [1.82, 2.24) is 0 Å². The van der Waals surface area contributed by atoms with Crippen molar-refractivity contribution in [2.45, 2.75) is 38.7 Å². The molecule has 0 amide bonds. The fourth-order valence-electron chi connectivity index (χ4n) is 1.46. The third kappa shape index (κ3) is 4.88. The van der Waals surface area contributed by atoms with Crippen molar-refractivity contribution >= 4 is 0 Å². The Hall–Kier alpha value is -0.960. The van der Waals surface area contributed by atoms with Crippen molar-refractivity contribution in [3.05, 3.63) is 35.4 Å². The van der Waals surface area contributed by atoms with Crippen LogP contribution in [0.25, 0.3) is 0 Å². The molecule has 0 aromatic heterocycles. The summed E-state index contributed by atoms with van der Waals surface area (Å²) in [7, 11) is 0. The quantitative estimate of drug-likeness (QED) is 0.799. The maximum atomic E-state index is 11.9. The number of hydrogen-bond acceptors (Lipinski definition) is 1. The lowest BCUT2D eigenvalue weighted by atomic mass is 10.0. The predicted molar refractivity (Wildman–Crippen MR) is 56.2 cm³/mol. The highest BCUT2D eigenvalue weighted by molar-refractivity contribution is 5.23. The van der Waals surface area contributed by atoms with Crippen LogP contribution in [0.5, 0.6) is 0 Å². The van der Waals surface area contributed by atoms with Gasteiger partial charge < -0.3 is 5.11 Å². The van der Waals surface area contributed by atoms with Gasteiger partial charge in [-0.3, -0.25) is 0 Å². The molecule has 1 nitrogen and oxygen atoms in total. The van der Waals surface area contributed by atoms with Gasteiger partial charge in [0.15, 0.2) is 0 Å². The van der Waals surface area contributed by atoms with Crippen molar-refractivity contribution in [1.29, 1.82) is 0 Å². The number of aliphatic hydroxyl groups is 1. The highest BCUT2D eigenvalue weighted by Gasteiger charge is 2.03. The molecule has 0 aliphatic rings. The summed E-state index contributed by atoms with van der Waals surface area (Å²) in [6.07, 6.45) is -1.67. The molecular formula is C12H16F2O. The highest BCUT2D eigenvalue weighted by atomic mass is 19.3. The third-order valence-corrected chi connectivity index (χ3v) is 2.21. The topological polar surface area (TPSA) is 20.2 Å². The van der Waals surface area contributed by atoms with E-state index < -0.39 is 6.43 Å². The van der Waals surface area contributed by atoms with Crippen LogP contribution in [-0.2, 0) is 12.8 Å². The van der Waals surface area contributed by atoms with Crippen LogP contribution in [0, 0.1) is 0 Å². The summed E-state index contributed by atoms with van der Waals surface area (Å²) in [6.45, 7) is 1.73. The summed E-state index contributed by atoms with van der Waals surface area (Å²) in [4.78, 5) is 0. The van der Waals surface area contributed by atoms with E-state index >= 15 is 0 Å². The van der Waals surface area contributed by atoms with Gasteiger partial charge in [0.1, 0.15) is 0 Å². The van der Waals surface area contributed by atoms with E-state index in [4.69, 9.17) is 5.11 Å². The summed E-state index contributed by atoms with van der Waals surface area (Å²) < 4.78 is 23.9. The van der Waals surface area contributed by atoms with E-state index in [1.807, 2.05) is 24.3 Å². The minimum Gasteiger partial charge on any atom is -0.393 e. The van der Waals surface area contributed by atoms with Gasteiger partial charge in [-0.25, -0.2) is 8.78 Å². The molecule has 84 valence electrons. The van der Waals surface area contributed by atoms with Gasteiger partial charge in [0, 0.05) is 6.42 Å². The molecule has 0 spiro atoms. The fraction of sp³-hybridized carbons (Fsp3) is 0.500. The van der Waals surface area contributed by atoms with Crippen LogP contribution >= 0.6 is 0 Å². The predicted octanol–water partition coefficient (Wildman–Crippen LogP) is 2.81. The SMILES string of the molecule is CC(O)Cc1ccc(CCC(F)F)cc1. The monoisotopic (exact) mass is 214 g/mol. The van der Waals surface area contributed by atoms with Crippen LogP contribution < -0.4 is 0 Å². The summed E-state index contributed by atoms with van der Waals surface area (Å²) in [6, 6.07) is 7.46. The second-order valence-electron chi connectivity index (χ2n) is 3.80. The molecule has 0 aliphatic heterocycles. The highest BCUT2D eigenvalue weighted by Crippen LogP contribution is 2.11. The van der Waals surface area contributed by atoms with Gasteiger partial charge in [-0.05, 0) is 30.9 Å². The zero-order valence-electron chi connectivity index (χ0n) is 8.79. The molecule has 0 saturated carbocycles. The standard InChI is InChI=1S/C12H16F2O/c1-9(15)8-11-4-2-10(3-5-11)6-7-12(13)14/h2-5,9,12,15H,6-8H2,1H3. The Bertz CT molecular complexity index is 280. The summed E-state index contributed by atoms with van der Waals surface area (Å²) >= 11 is 0. The van der Waals surface area contributed by atoms with Gasteiger partial charge in [-0.2, -0.15) is 0 Å². The van der Waals surface area contributed by atoms with Gasteiger partial charge in [0.25, 0.3) is 0 Å². The first-order chi connectivity index (χ1) is 7.08. The number of aliphatic hydroxyl groups excluding tert-OH is 1. The van der Waals surface area contributed by atoms with Crippen molar-refractivity contribution in [2.24, 2.45) is 0 Å². The largest absolute Gasteiger partial charge is 0.393 e. The first kappa shape index (κ1) is 12.1. The number of alkyl halides is 2. The van der Waals surface area contributed by atoms with E-state index in [1.165, 1.54) is 0 Å². The first-order valence-electron chi connectivity index (χ1n) is 5.12. The van der Waals surface area contributed by atoms with Gasteiger partial charge in [-0.1, -0.05) is 24.3 Å². The normalized spacial score (nSPS) is 13.1. The van der Waals surface area contributed by atoms with Gasteiger partial charge in [0.05, 0.1) is 6.10 Å². The second-order valence-corrected chi connectivity index (χ2v) is 3.80. The van der Waals surface area contributed by atoms with E-state index in [9.17, 15) is 8.78 Å². The molecular weight excluding hydrogens is 198 g/mol. The van der Waals surface area contributed by atoms with E-state index in [-0.39, 0.29) is 12.5 Å². The number of benzene rings is 1. The van der Waals surface area contributed by atoms with Crippen LogP contribution in [-0.4, -0.2) is 17.6 Å². The van der Waals surface area contributed by atoms with Crippen molar-refractivity contribution in [3.63, 3.8) is 0 Å². The molecule has 0 bridgehead atoms. The Kier molecular flexibility index (Phi) is 4.69. The Morgan fingerprint density at radius 1 is 1.13 bits per heavy atom. The molecule has 1 rings (SSSR count). The fourth-order valence-corrected chi connectivity index (χ4v) is 1.46. The molecule has 15 heavy (non-hydrogen) atoms. The van der Waals surface area contributed by atoms with Crippen LogP contribution in [0.2, 0.25) is 0 Å². The molecule has 0 aliphatic carbocycles. The lowest BCUT2D eigenvalue weighted by molar-refractivity contribution is 0.138. The van der Waals surface area contributed by atoms with E-state index in [0.29, 0.717) is 12.8 Å². The molecule has 1 aromatic carbocycles. The second kappa shape index (κ2) is 5.81. The van der Waals surface area contributed by atoms with Crippen LogP contribution in [0.1, 0.15) is 24.5 Å². The van der Waals surface area contributed by atoms with E-state index in [1.54, 1.807) is 6.92 Å². The lowest BCUT2D eigenvalue weighted by Gasteiger charge is -2.05. The number of rotatable bonds is 5. The molecule has 0 fully saturated rings. The van der Waals surface area contributed by atoms with E-state index in [0.717, 1.165) is 11.1 Å². The van der Waals surface area contributed by atoms with E-state index in [2.05, 4.69) is 0 Å². The van der Waals surface area contributed by atoms with Crippen LogP contribution in [0.15, 0.2) is 24.3 Å². The Balaban J connectivity index is 2.49. The molecule has 1 unspecified atom stereocenters. The van der Waals surface area contributed by atoms with Crippen molar-refractivity contribution in [2.75, 3.05) is 0 Å². The first-order valence-corrected chi connectivity index (χ1v) is 5.12. The zero-order valence-corrected chi connectivity index (χ0v) is 8.79. The van der Waals surface area contributed by atoms with Crippen LogP contribution in [0.3, 0.4) is 0 Å². The third-order valence-electron chi connectivity index (χ3n) is 2.21. The Labute approximate surface area is 88.7 Å². The van der Waals surface area contributed by atoms with Gasteiger partial charge in [0.2, 0.25) is 6.43 Å². The average Bonchev–Trinajstić information content (AvgIpc) is 2.16. The smallest absolute Gasteiger partial charge is 0.239 e. The molecule has 1 atom stereocenters. The Morgan fingerprint density at radius 2 is 1.67 bits per heavy atom. The lowest BCUT2D eigenvalue weighted by Crippen LogP contribution is -2.04.